The van der Waals surface area contributed by atoms with E-state index in [4.69, 9.17) is 4.74 Å². The van der Waals surface area contributed by atoms with E-state index in [9.17, 15) is 19.7 Å². The van der Waals surface area contributed by atoms with Crippen molar-refractivity contribution in [1.82, 2.24) is 4.57 Å². The molecule has 8 nitrogen and oxygen atoms in total. The van der Waals surface area contributed by atoms with Crippen molar-refractivity contribution < 1.29 is 19.2 Å². The fourth-order valence-corrected chi connectivity index (χ4v) is 3.91. The number of carbonyl (C=O) groups excluding carboxylic acids is 2. The number of benzene rings is 2. The van der Waals surface area contributed by atoms with Crippen LogP contribution in [0, 0.1) is 24.0 Å². The molecule has 0 aliphatic rings. The largest absolute Gasteiger partial charge is 0.468 e. The molecule has 2 aromatic carbocycles. The second-order valence-electron chi connectivity index (χ2n) is 6.59. The second-order valence-corrected chi connectivity index (χ2v) is 7.60. The van der Waals surface area contributed by atoms with Crippen LogP contribution in [0.5, 0.6) is 0 Å². The number of nitrogens with zero attached hydrogens (tertiary/aromatic N) is 3. The number of hydrogen-bond donors (Lipinski definition) is 0. The summed E-state index contributed by atoms with van der Waals surface area (Å²) >= 11 is 1.30. The SMILES string of the molecule is COC(=O)Cn1c(=NC(=O)C=Cc2cccc([N+](=O)[O-])c2)sc2cc(C)c(C)cc21. The molecule has 0 saturated carbocycles. The number of hydrogen-bond acceptors (Lipinski definition) is 6. The molecule has 9 heteroatoms. The van der Waals surface area contributed by atoms with Crippen molar-refractivity contribution in [2.24, 2.45) is 4.99 Å². The van der Waals surface area contributed by atoms with Gasteiger partial charge in [-0.25, -0.2) is 0 Å². The van der Waals surface area contributed by atoms with Crippen LogP contribution >= 0.6 is 11.3 Å². The van der Waals surface area contributed by atoms with Gasteiger partial charge in [-0.2, -0.15) is 4.99 Å². The number of thiazole rings is 1. The first-order chi connectivity index (χ1) is 14.3. The highest BCUT2D eigenvalue weighted by atomic mass is 32.1. The van der Waals surface area contributed by atoms with Gasteiger partial charge in [0.05, 0.1) is 22.2 Å². The van der Waals surface area contributed by atoms with Gasteiger partial charge in [0.25, 0.3) is 11.6 Å². The number of amides is 1. The second kappa shape index (κ2) is 8.83. The normalized spacial score (nSPS) is 11.9. The Kier molecular flexibility index (Phi) is 6.22. The lowest BCUT2D eigenvalue weighted by Gasteiger charge is -2.05. The molecule has 0 saturated heterocycles. The minimum absolute atomic E-state index is 0.0623. The minimum atomic E-state index is -0.542. The van der Waals surface area contributed by atoms with E-state index in [1.165, 1.54) is 42.7 Å². The summed E-state index contributed by atoms with van der Waals surface area (Å²) in [7, 11) is 1.30. The van der Waals surface area contributed by atoms with Crippen molar-refractivity contribution in [3.05, 3.63) is 74.1 Å². The summed E-state index contributed by atoms with van der Waals surface area (Å²) in [6.45, 7) is 3.89. The maximum atomic E-state index is 12.4. The van der Waals surface area contributed by atoms with Crippen LogP contribution in [0.1, 0.15) is 16.7 Å². The van der Waals surface area contributed by atoms with Gasteiger partial charge in [-0.3, -0.25) is 19.7 Å². The quantitative estimate of drug-likeness (QED) is 0.269. The fraction of sp³-hybridized carbons (Fsp3) is 0.190. The predicted octanol–water partition coefficient (Wildman–Crippen LogP) is 3.54. The molecule has 154 valence electrons. The minimum Gasteiger partial charge on any atom is -0.468 e. The van der Waals surface area contributed by atoms with Gasteiger partial charge in [-0.1, -0.05) is 23.5 Å². The zero-order chi connectivity index (χ0) is 21.8. The molecule has 30 heavy (non-hydrogen) atoms. The van der Waals surface area contributed by atoms with E-state index in [2.05, 4.69) is 4.99 Å². The Morgan fingerprint density at radius 1 is 1.23 bits per heavy atom. The highest BCUT2D eigenvalue weighted by Crippen LogP contribution is 2.22. The number of rotatable bonds is 5. The third-order valence-corrected chi connectivity index (χ3v) is 5.56. The molecule has 0 atom stereocenters. The molecule has 1 aromatic heterocycles. The monoisotopic (exact) mass is 425 g/mol. The highest BCUT2D eigenvalue weighted by Gasteiger charge is 2.12. The number of nitro groups is 1. The molecule has 0 aliphatic heterocycles. The zero-order valence-electron chi connectivity index (χ0n) is 16.6. The van der Waals surface area contributed by atoms with E-state index < -0.39 is 16.8 Å². The first-order valence-corrected chi connectivity index (χ1v) is 9.79. The van der Waals surface area contributed by atoms with Crippen molar-refractivity contribution in [3.8, 4) is 0 Å². The van der Waals surface area contributed by atoms with Gasteiger partial charge >= 0.3 is 5.97 Å². The predicted molar refractivity (Wildman–Crippen MR) is 114 cm³/mol. The van der Waals surface area contributed by atoms with Crippen molar-refractivity contribution in [2.75, 3.05) is 7.11 Å². The molecular formula is C21H19N3O5S. The van der Waals surface area contributed by atoms with Crippen LogP contribution in [0.3, 0.4) is 0 Å². The van der Waals surface area contributed by atoms with Gasteiger partial charge in [-0.15, -0.1) is 0 Å². The Labute approximate surface area is 175 Å². The van der Waals surface area contributed by atoms with E-state index in [0.717, 1.165) is 21.3 Å². The van der Waals surface area contributed by atoms with E-state index in [1.807, 2.05) is 26.0 Å². The number of aryl methyl sites for hydroxylation is 2. The Morgan fingerprint density at radius 3 is 2.67 bits per heavy atom. The standard InChI is InChI=1S/C21H19N3O5S/c1-13-9-17-18(10-14(13)2)30-21(23(17)12-20(26)29-3)22-19(25)8-7-15-5-4-6-16(11-15)24(27)28/h4-11H,12H2,1-3H3. The number of nitro benzene ring substituents is 1. The number of non-ortho nitro benzene ring substituents is 1. The topological polar surface area (TPSA) is 104 Å². The van der Waals surface area contributed by atoms with Crippen molar-refractivity contribution >= 4 is 45.2 Å². The molecule has 0 unspecified atom stereocenters. The van der Waals surface area contributed by atoms with Crippen LogP contribution in [0.25, 0.3) is 16.3 Å². The summed E-state index contributed by atoms with van der Waals surface area (Å²) in [5, 5.41) is 10.9. The first kappa shape index (κ1) is 21.1. The van der Waals surface area contributed by atoms with Gasteiger partial charge in [0, 0.05) is 18.2 Å². The van der Waals surface area contributed by atoms with Crippen molar-refractivity contribution in [1.29, 1.82) is 0 Å². The highest BCUT2D eigenvalue weighted by molar-refractivity contribution is 7.16. The third kappa shape index (κ3) is 4.69. The van der Waals surface area contributed by atoms with Crippen molar-refractivity contribution in [3.63, 3.8) is 0 Å². The molecule has 0 aliphatic carbocycles. The van der Waals surface area contributed by atoms with Gasteiger partial charge < -0.3 is 9.30 Å². The fourth-order valence-electron chi connectivity index (χ4n) is 2.79. The molecule has 3 aromatic rings. The number of ether oxygens (including phenoxy) is 1. The number of carbonyl (C=O) groups is 2. The molecule has 0 bridgehead atoms. The molecule has 1 amide bonds. The lowest BCUT2D eigenvalue weighted by atomic mass is 10.1. The van der Waals surface area contributed by atoms with E-state index in [0.29, 0.717) is 10.4 Å². The molecule has 0 fully saturated rings. The molecule has 1 heterocycles. The van der Waals surface area contributed by atoms with Gasteiger partial charge in [0.1, 0.15) is 6.54 Å². The van der Waals surface area contributed by atoms with Crippen LogP contribution in [-0.2, 0) is 20.9 Å². The Morgan fingerprint density at radius 2 is 1.97 bits per heavy atom. The van der Waals surface area contributed by atoms with Crippen molar-refractivity contribution in [2.45, 2.75) is 20.4 Å². The van der Waals surface area contributed by atoms with Crippen LogP contribution in [-0.4, -0.2) is 28.5 Å². The number of esters is 1. The van der Waals surface area contributed by atoms with E-state index in [-0.39, 0.29) is 12.2 Å². The Hall–Kier alpha value is -3.59. The molecule has 0 N–H and O–H groups in total. The van der Waals surface area contributed by atoms with E-state index in [1.54, 1.807) is 16.7 Å². The summed E-state index contributed by atoms with van der Waals surface area (Å²) < 4.78 is 7.32. The van der Waals surface area contributed by atoms with Crippen LogP contribution in [0.4, 0.5) is 5.69 Å². The smallest absolute Gasteiger partial charge is 0.325 e. The summed E-state index contributed by atoms with van der Waals surface area (Å²) in [6.07, 6.45) is 2.70. The Bertz CT molecular complexity index is 1250. The molecule has 3 rings (SSSR count). The maximum absolute atomic E-state index is 12.4. The van der Waals surface area contributed by atoms with Gasteiger partial charge in [0.2, 0.25) is 0 Å². The molecule has 0 radical (unpaired) electrons. The van der Waals surface area contributed by atoms with Crippen LogP contribution in [0.2, 0.25) is 0 Å². The van der Waals surface area contributed by atoms with Gasteiger partial charge in [0.15, 0.2) is 4.80 Å². The average Bonchev–Trinajstić information content (AvgIpc) is 3.02. The summed E-state index contributed by atoms with van der Waals surface area (Å²) in [5.41, 5.74) is 3.40. The summed E-state index contributed by atoms with van der Waals surface area (Å²) in [4.78, 5) is 39.2. The summed E-state index contributed by atoms with van der Waals surface area (Å²) in [6, 6.07) is 9.88. The average molecular weight is 425 g/mol. The Balaban J connectivity index is 2.00. The number of fused-ring (bicyclic) bond motifs is 1. The number of aromatic nitrogens is 1. The van der Waals surface area contributed by atoms with Crippen LogP contribution < -0.4 is 4.80 Å². The maximum Gasteiger partial charge on any atom is 0.325 e. The lowest BCUT2D eigenvalue weighted by molar-refractivity contribution is -0.384. The molecular weight excluding hydrogens is 406 g/mol. The third-order valence-electron chi connectivity index (χ3n) is 4.52. The first-order valence-electron chi connectivity index (χ1n) is 8.97. The van der Waals surface area contributed by atoms with E-state index >= 15 is 0 Å². The zero-order valence-corrected chi connectivity index (χ0v) is 17.4. The molecule has 0 spiro atoms. The number of methoxy groups -OCH3 is 1. The van der Waals surface area contributed by atoms with Gasteiger partial charge in [-0.05, 0) is 48.7 Å². The summed E-state index contributed by atoms with van der Waals surface area (Å²) in [5.74, 6) is -0.992. The van der Waals surface area contributed by atoms with Crippen LogP contribution in [0.15, 0.2) is 47.5 Å². The lowest BCUT2D eigenvalue weighted by Crippen LogP contribution is -2.22.